The van der Waals surface area contributed by atoms with Gasteiger partial charge in [0, 0.05) is 12.6 Å². The lowest BCUT2D eigenvalue weighted by Crippen LogP contribution is -2.42. The predicted octanol–water partition coefficient (Wildman–Crippen LogP) is 1.97. The number of halogens is 1. The summed E-state index contributed by atoms with van der Waals surface area (Å²) in [7, 11) is 0. The predicted molar refractivity (Wildman–Crippen MR) is 89.1 cm³/mol. The number of rotatable bonds is 3. The molecule has 2 aromatic heterocycles. The van der Waals surface area contributed by atoms with Gasteiger partial charge in [0.15, 0.2) is 0 Å². The van der Waals surface area contributed by atoms with E-state index < -0.39 is 0 Å². The van der Waals surface area contributed by atoms with Gasteiger partial charge in [-0.15, -0.1) is 23.7 Å². The minimum absolute atomic E-state index is 0. The molecule has 0 amide bonds. The van der Waals surface area contributed by atoms with Crippen molar-refractivity contribution in [3.05, 3.63) is 27.6 Å². The van der Waals surface area contributed by atoms with Crippen LogP contribution < -0.4 is 11.3 Å². The zero-order chi connectivity index (χ0) is 14.1. The molecule has 2 unspecified atom stereocenters. The molecule has 7 heteroatoms. The summed E-state index contributed by atoms with van der Waals surface area (Å²) in [5.74, 6) is 1.30. The van der Waals surface area contributed by atoms with E-state index in [1.54, 1.807) is 0 Å². The Labute approximate surface area is 134 Å². The van der Waals surface area contributed by atoms with Crippen LogP contribution >= 0.6 is 23.7 Å². The van der Waals surface area contributed by atoms with Gasteiger partial charge in [-0.2, -0.15) is 0 Å². The Bertz CT molecular complexity index is 654. The molecule has 3 rings (SSSR count). The molecule has 0 bridgehead atoms. The van der Waals surface area contributed by atoms with Gasteiger partial charge in [0.05, 0.1) is 12.1 Å². The topological polar surface area (TPSA) is 75.0 Å². The van der Waals surface area contributed by atoms with Gasteiger partial charge in [0.25, 0.3) is 5.56 Å². The van der Waals surface area contributed by atoms with Crippen molar-refractivity contribution < 1.29 is 0 Å². The zero-order valence-electron chi connectivity index (χ0n) is 12.0. The van der Waals surface area contributed by atoms with E-state index in [0.717, 1.165) is 30.9 Å². The van der Waals surface area contributed by atoms with Gasteiger partial charge in [-0.1, -0.05) is 0 Å². The van der Waals surface area contributed by atoms with Crippen molar-refractivity contribution >= 4 is 34.0 Å². The molecule has 3 heterocycles. The number of hydrogen-bond donors (Lipinski definition) is 2. The summed E-state index contributed by atoms with van der Waals surface area (Å²) in [5, 5.41) is 1.91. The van der Waals surface area contributed by atoms with Crippen LogP contribution in [0, 0.1) is 5.92 Å². The Morgan fingerprint density at radius 3 is 3.19 bits per heavy atom. The first-order chi connectivity index (χ1) is 9.63. The van der Waals surface area contributed by atoms with Crippen molar-refractivity contribution in [2.45, 2.75) is 32.4 Å². The smallest absolute Gasteiger partial charge is 0.268 e. The fraction of sp³-hybridized carbons (Fsp3) is 0.571. The average Bonchev–Trinajstić information content (AvgIpc) is 2.88. The van der Waals surface area contributed by atoms with Crippen LogP contribution in [-0.4, -0.2) is 34.0 Å². The monoisotopic (exact) mass is 328 g/mol. The molecule has 0 aromatic carbocycles. The van der Waals surface area contributed by atoms with Crippen LogP contribution in [-0.2, 0) is 6.54 Å². The molecule has 21 heavy (non-hydrogen) atoms. The Kier molecular flexibility index (Phi) is 5.37. The highest BCUT2D eigenvalue weighted by Crippen LogP contribution is 2.20. The SMILES string of the molecule is CC(N)C1CCCN(Cc2nc3ccsc3c(=O)[nH]2)C1.Cl. The molecule has 0 saturated carbocycles. The van der Waals surface area contributed by atoms with Crippen LogP contribution in [0.25, 0.3) is 10.2 Å². The number of nitrogens with zero attached hydrogens (tertiary/aromatic N) is 2. The highest BCUT2D eigenvalue weighted by molar-refractivity contribution is 7.17. The molecule has 0 radical (unpaired) electrons. The quantitative estimate of drug-likeness (QED) is 0.903. The number of likely N-dealkylation sites (tertiary alicyclic amines) is 1. The summed E-state index contributed by atoms with van der Waals surface area (Å²) in [6, 6.07) is 2.13. The minimum Gasteiger partial charge on any atom is -0.328 e. The second kappa shape index (κ2) is 6.87. The fourth-order valence-corrected chi connectivity index (χ4v) is 3.60. The van der Waals surface area contributed by atoms with E-state index >= 15 is 0 Å². The number of thiophene rings is 1. The van der Waals surface area contributed by atoms with Crippen molar-refractivity contribution in [1.29, 1.82) is 0 Å². The number of fused-ring (bicyclic) bond motifs is 1. The normalized spacial score (nSPS) is 21.1. The number of piperidine rings is 1. The number of nitrogens with one attached hydrogen (secondary N) is 1. The van der Waals surface area contributed by atoms with E-state index in [0.29, 0.717) is 17.2 Å². The summed E-state index contributed by atoms with van der Waals surface area (Å²) in [4.78, 5) is 21.7. The largest absolute Gasteiger partial charge is 0.328 e. The molecule has 3 N–H and O–H groups in total. The molecule has 2 aromatic rings. The molecule has 5 nitrogen and oxygen atoms in total. The third kappa shape index (κ3) is 3.63. The highest BCUT2D eigenvalue weighted by atomic mass is 35.5. The summed E-state index contributed by atoms with van der Waals surface area (Å²) < 4.78 is 0.709. The van der Waals surface area contributed by atoms with Crippen molar-refractivity contribution in [3.8, 4) is 0 Å². The van der Waals surface area contributed by atoms with E-state index in [2.05, 4.69) is 21.8 Å². The van der Waals surface area contributed by atoms with Gasteiger partial charge >= 0.3 is 0 Å². The lowest BCUT2D eigenvalue weighted by Gasteiger charge is -2.34. The highest BCUT2D eigenvalue weighted by Gasteiger charge is 2.23. The lowest BCUT2D eigenvalue weighted by molar-refractivity contribution is 0.151. The van der Waals surface area contributed by atoms with Crippen molar-refractivity contribution in [2.75, 3.05) is 13.1 Å². The van der Waals surface area contributed by atoms with Crippen LogP contribution in [0.3, 0.4) is 0 Å². The molecule has 0 spiro atoms. The Hall–Kier alpha value is -0.950. The number of aromatic nitrogens is 2. The number of aromatic amines is 1. The Morgan fingerprint density at radius 2 is 2.43 bits per heavy atom. The molecule has 2 atom stereocenters. The molecule has 1 fully saturated rings. The molecule has 1 aliphatic rings. The van der Waals surface area contributed by atoms with Gasteiger partial charge in [-0.05, 0) is 43.7 Å². The molecular weight excluding hydrogens is 308 g/mol. The molecule has 116 valence electrons. The van der Waals surface area contributed by atoms with Crippen molar-refractivity contribution in [3.63, 3.8) is 0 Å². The number of H-pyrrole nitrogens is 1. The number of nitrogens with two attached hydrogens (primary N) is 1. The van der Waals surface area contributed by atoms with Crippen LogP contribution in [0.15, 0.2) is 16.2 Å². The van der Waals surface area contributed by atoms with Crippen LogP contribution in [0.1, 0.15) is 25.6 Å². The third-order valence-electron chi connectivity index (χ3n) is 4.02. The van der Waals surface area contributed by atoms with Crippen molar-refractivity contribution in [2.24, 2.45) is 11.7 Å². The molecule has 1 saturated heterocycles. The minimum atomic E-state index is -0.0271. The molecular formula is C14H21ClN4OS. The van der Waals surface area contributed by atoms with E-state index in [1.807, 2.05) is 11.4 Å². The van der Waals surface area contributed by atoms with Gasteiger partial charge < -0.3 is 10.7 Å². The maximum atomic E-state index is 12.0. The second-order valence-corrected chi connectivity index (χ2v) is 6.56. The van der Waals surface area contributed by atoms with E-state index in [4.69, 9.17) is 5.73 Å². The maximum Gasteiger partial charge on any atom is 0.268 e. The van der Waals surface area contributed by atoms with Crippen LogP contribution in [0.4, 0.5) is 0 Å². The average molecular weight is 329 g/mol. The van der Waals surface area contributed by atoms with E-state index in [-0.39, 0.29) is 24.0 Å². The van der Waals surface area contributed by atoms with Gasteiger partial charge in [0.1, 0.15) is 10.5 Å². The summed E-state index contributed by atoms with van der Waals surface area (Å²) in [6.45, 7) is 4.81. The first-order valence-corrected chi connectivity index (χ1v) is 7.96. The standard InChI is InChI=1S/C14H20N4OS.ClH/c1-9(15)10-3-2-5-18(7-10)8-12-16-11-4-6-20-13(11)14(19)17-12;/h4,6,9-10H,2-3,5,7-8,15H2,1H3,(H,16,17,19);1H. The molecule has 1 aliphatic heterocycles. The maximum absolute atomic E-state index is 12.0. The van der Waals surface area contributed by atoms with Crippen LogP contribution in [0.5, 0.6) is 0 Å². The fourth-order valence-electron chi connectivity index (χ4n) is 2.87. The second-order valence-electron chi connectivity index (χ2n) is 5.64. The van der Waals surface area contributed by atoms with Crippen LogP contribution in [0.2, 0.25) is 0 Å². The first-order valence-electron chi connectivity index (χ1n) is 7.08. The van der Waals surface area contributed by atoms with Gasteiger partial charge in [0.2, 0.25) is 0 Å². The lowest BCUT2D eigenvalue weighted by atomic mass is 9.92. The third-order valence-corrected chi connectivity index (χ3v) is 4.93. The van der Waals surface area contributed by atoms with Gasteiger partial charge in [-0.3, -0.25) is 9.69 Å². The summed E-state index contributed by atoms with van der Waals surface area (Å²) in [5.41, 5.74) is 6.78. The zero-order valence-corrected chi connectivity index (χ0v) is 13.7. The first kappa shape index (κ1) is 16.4. The Morgan fingerprint density at radius 1 is 1.62 bits per heavy atom. The van der Waals surface area contributed by atoms with E-state index in [9.17, 15) is 4.79 Å². The summed E-state index contributed by atoms with van der Waals surface area (Å²) in [6.07, 6.45) is 2.36. The summed E-state index contributed by atoms with van der Waals surface area (Å²) >= 11 is 1.44. The Balaban J connectivity index is 0.00000161. The van der Waals surface area contributed by atoms with Gasteiger partial charge in [-0.25, -0.2) is 4.98 Å². The van der Waals surface area contributed by atoms with E-state index in [1.165, 1.54) is 17.8 Å². The van der Waals surface area contributed by atoms with Crippen molar-refractivity contribution in [1.82, 2.24) is 14.9 Å². The number of hydrogen-bond acceptors (Lipinski definition) is 5. The molecule has 0 aliphatic carbocycles.